The lowest BCUT2D eigenvalue weighted by Crippen LogP contribution is -2.29. The van der Waals surface area contributed by atoms with Gasteiger partial charge >= 0.3 is 6.09 Å². The smallest absolute Gasteiger partial charge is 0.414 e. The molecule has 0 spiro atoms. The Morgan fingerprint density at radius 1 is 1.50 bits per heavy atom. The first kappa shape index (κ1) is 11.0. The molecule has 1 aromatic rings. The molecule has 1 unspecified atom stereocenters. The summed E-state index contributed by atoms with van der Waals surface area (Å²) in [7, 11) is 1.85. The average molecular weight is 220 g/mol. The van der Waals surface area contributed by atoms with Crippen LogP contribution in [-0.4, -0.2) is 32.3 Å². The maximum absolute atomic E-state index is 11.7. The monoisotopic (exact) mass is 220 g/mol. The van der Waals surface area contributed by atoms with Crippen LogP contribution in [0.3, 0.4) is 0 Å². The summed E-state index contributed by atoms with van der Waals surface area (Å²) in [6.07, 6.45) is -0.313. The quantitative estimate of drug-likeness (QED) is 0.840. The third kappa shape index (κ3) is 2.02. The number of aryl methyl sites for hydroxylation is 1. The topological polar surface area (TPSA) is 41.6 Å². The molecule has 1 aliphatic rings. The van der Waals surface area contributed by atoms with Crippen molar-refractivity contribution in [1.29, 1.82) is 0 Å². The number of ether oxygens (including phenoxy) is 1. The number of rotatable bonds is 3. The van der Waals surface area contributed by atoms with E-state index in [1.165, 1.54) is 0 Å². The van der Waals surface area contributed by atoms with Gasteiger partial charge in [0.1, 0.15) is 6.10 Å². The summed E-state index contributed by atoms with van der Waals surface area (Å²) < 4.78 is 5.25. The lowest BCUT2D eigenvalue weighted by atomic mass is 10.2. The van der Waals surface area contributed by atoms with Crippen LogP contribution in [0, 0.1) is 6.92 Å². The number of benzene rings is 1. The summed E-state index contributed by atoms with van der Waals surface area (Å²) in [6.45, 7) is 3.30. The van der Waals surface area contributed by atoms with Crippen LogP contribution in [0.25, 0.3) is 0 Å². The summed E-state index contributed by atoms with van der Waals surface area (Å²) in [5.74, 6) is 0. The summed E-state index contributed by atoms with van der Waals surface area (Å²) >= 11 is 0. The standard InChI is InChI=1S/C12H16N2O2/c1-9-5-3-4-6-11(9)14-8-10(7-13-2)16-12(14)15/h3-6,10,13H,7-8H2,1-2H3. The maximum atomic E-state index is 11.7. The maximum Gasteiger partial charge on any atom is 0.414 e. The molecule has 86 valence electrons. The van der Waals surface area contributed by atoms with Crippen LogP contribution in [0.15, 0.2) is 24.3 Å². The Hall–Kier alpha value is -1.55. The summed E-state index contributed by atoms with van der Waals surface area (Å²) in [5, 5.41) is 3.01. The van der Waals surface area contributed by atoms with E-state index in [9.17, 15) is 4.79 Å². The molecular weight excluding hydrogens is 204 g/mol. The molecule has 1 heterocycles. The molecule has 4 nitrogen and oxygen atoms in total. The van der Waals surface area contributed by atoms with Gasteiger partial charge in [0.15, 0.2) is 0 Å². The molecule has 16 heavy (non-hydrogen) atoms. The molecule has 0 saturated carbocycles. The van der Waals surface area contributed by atoms with E-state index in [0.717, 1.165) is 11.3 Å². The first-order valence-corrected chi connectivity index (χ1v) is 5.40. The van der Waals surface area contributed by atoms with Crippen molar-refractivity contribution >= 4 is 11.8 Å². The van der Waals surface area contributed by atoms with Crippen molar-refractivity contribution in [1.82, 2.24) is 5.32 Å². The molecule has 2 rings (SSSR count). The van der Waals surface area contributed by atoms with Crippen molar-refractivity contribution in [2.75, 3.05) is 25.0 Å². The van der Waals surface area contributed by atoms with Crippen LogP contribution in [-0.2, 0) is 4.74 Å². The predicted molar refractivity (Wildman–Crippen MR) is 62.7 cm³/mol. The summed E-state index contributed by atoms with van der Waals surface area (Å²) in [5.41, 5.74) is 2.02. The molecule has 0 aliphatic carbocycles. The highest BCUT2D eigenvalue weighted by Crippen LogP contribution is 2.24. The Kier molecular flexibility index (Phi) is 3.10. The van der Waals surface area contributed by atoms with E-state index in [1.54, 1.807) is 4.90 Å². The van der Waals surface area contributed by atoms with Crippen LogP contribution < -0.4 is 10.2 Å². The van der Waals surface area contributed by atoms with E-state index < -0.39 is 0 Å². The van der Waals surface area contributed by atoms with E-state index in [1.807, 2.05) is 38.2 Å². The summed E-state index contributed by atoms with van der Waals surface area (Å²) in [4.78, 5) is 13.4. The van der Waals surface area contributed by atoms with Gasteiger partial charge in [0, 0.05) is 6.54 Å². The van der Waals surface area contributed by atoms with Crippen LogP contribution in [0.4, 0.5) is 10.5 Å². The van der Waals surface area contributed by atoms with Crippen molar-refractivity contribution in [3.8, 4) is 0 Å². The second-order valence-electron chi connectivity index (χ2n) is 3.96. The van der Waals surface area contributed by atoms with Crippen molar-refractivity contribution < 1.29 is 9.53 Å². The third-order valence-electron chi connectivity index (χ3n) is 2.71. The number of cyclic esters (lactones) is 1. The largest absolute Gasteiger partial charge is 0.443 e. The minimum absolute atomic E-state index is 0.0582. The number of anilines is 1. The molecule has 4 heteroatoms. The van der Waals surface area contributed by atoms with Crippen LogP contribution in [0.2, 0.25) is 0 Å². The van der Waals surface area contributed by atoms with Crippen molar-refractivity contribution in [3.63, 3.8) is 0 Å². The van der Waals surface area contributed by atoms with Crippen molar-refractivity contribution in [2.24, 2.45) is 0 Å². The molecule has 0 bridgehead atoms. The van der Waals surface area contributed by atoms with E-state index in [4.69, 9.17) is 4.74 Å². The highest BCUT2D eigenvalue weighted by molar-refractivity contribution is 5.90. The molecule has 0 aromatic heterocycles. The number of para-hydroxylation sites is 1. The number of likely N-dealkylation sites (N-methyl/N-ethyl adjacent to an activating group) is 1. The molecule has 1 saturated heterocycles. The van der Waals surface area contributed by atoms with E-state index in [0.29, 0.717) is 13.1 Å². The predicted octanol–water partition coefficient (Wildman–Crippen LogP) is 1.54. The van der Waals surface area contributed by atoms with Gasteiger partial charge in [0.2, 0.25) is 0 Å². The zero-order valence-electron chi connectivity index (χ0n) is 9.56. The summed E-state index contributed by atoms with van der Waals surface area (Å²) in [6, 6.07) is 7.83. The Balaban J connectivity index is 2.17. The van der Waals surface area contributed by atoms with Gasteiger partial charge in [0.25, 0.3) is 0 Å². The highest BCUT2D eigenvalue weighted by Gasteiger charge is 2.32. The molecule has 1 fully saturated rings. The lowest BCUT2D eigenvalue weighted by molar-refractivity contribution is 0.141. The number of hydrogen-bond donors (Lipinski definition) is 1. The number of carbonyl (C=O) groups is 1. The second-order valence-corrected chi connectivity index (χ2v) is 3.96. The number of carbonyl (C=O) groups excluding carboxylic acids is 1. The number of nitrogens with one attached hydrogen (secondary N) is 1. The van der Waals surface area contributed by atoms with Gasteiger partial charge in [0.05, 0.1) is 12.2 Å². The van der Waals surface area contributed by atoms with E-state index in [-0.39, 0.29) is 12.2 Å². The Labute approximate surface area is 95.2 Å². The fourth-order valence-electron chi connectivity index (χ4n) is 1.92. The molecule has 1 N–H and O–H groups in total. The first-order chi connectivity index (χ1) is 7.72. The Bertz CT molecular complexity index is 392. The van der Waals surface area contributed by atoms with E-state index in [2.05, 4.69) is 5.32 Å². The molecule has 1 aromatic carbocycles. The zero-order chi connectivity index (χ0) is 11.5. The lowest BCUT2D eigenvalue weighted by Gasteiger charge is -2.15. The van der Waals surface area contributed by atoms with Crippen molar-refractivity contribution in [2.45, 2.75) is 13.0 Å². The van der Waals surface area contributed by atoms with Gasteiger partial charge in [-0.25, -0.2) is 4.79 Å². The van der Waals surface area contributed by atoms with E-state index >= 15 is 0 Å². The molecule has 1 atom stereocenters. The first-order valence-electron chi connectivity index (χ1n) is 5.40. The second kappa shape index (κ2) is 4.53. The number of amides is 1. The molecule has 1 amide bonds. The number of nitrogens with zero attached hydrogens (tertiary/aromatic N) is 1. The van der Waals surface area contributed by atoms with Crippen LogP contribution in [0.5, 0.6) is 0 Å². The van der Waals surface area contributed by atoms with Gasteiger partial charge in [-0.3, -0.25) is 4.90 Å². The van der Waals surface area contributed by atoms with Crippen LogP contribution in [0.1, 0.15) is 5.56 Å². The Morgan fingerprint density at radius 3 is 2.94 bits per heavy atom. The SMILES string of the molecule is CNCC1CN(c2ccccc2C)C(=O)O1. The fraction of sp³-hybridized carbons (Fsp3) is 0.417. The van der Waals surface area contributed by atoms with Gasteiger partial charge < -0.3 is 10.1 Å². The van der Waals surface area contributed by atoms with Crippen LogP contribution >= 0.6 is 0 Å². The molecule has 0 radical (unpaired) electrons. The van der Waals surface area contributed by atoms with Gasteiger partial charge in [-0.05, 0) is 25.6 Å². The van der Waals surface area contributed by atoms with Crippen molar-refractivity contribution in [3.05, 3.63) is 29.8 Å². The molecule has 1 aliphatic heterocycles. The van der Waals surface area contributed by atoms with Gasteiger partial charge in [-0.2, -0.15) is 0 Å². The average Bonchev–Trinajstić information content (AvgIpc) is 2.61. The van der Waals surface area contributed by atoms with Gasteiger partial charge in [-0.15, -0.1) is 0 Å². The Morgan fingerprint density at radius 2 is 2.25 bits per heavy atom. The third-order valence-corrected chi connectivity index (χ3v) is 2.71. The highest BCUT2D eigenvalue weighted by atomic mass is 16.6. The molecular formula is C12H16N2O2. The fourth-order valence-corrected chi connectivity index (χ4v) is 1.92. The zero-order valence-corrected chi connectivity index (χ0v) is 9.56. The normalized spacial score (nSPS) is 20.0. The minimum atomic E-state index is -0.255. The number of hydrogen-bond acceptors (Lipinski definition) is 3. The minimum Gasteiger partial charge on any atom is -0.443 e. The van der Waals surface area contributed by atoms with Gasteiger partial charge in [-0.1, -0.05) is 18.2 Å².